The Morgan fingerprint density at radius 3 is 1.90 bits per heavy atom. The van der Waals surface area contributed by atoms with Crippen LogP contribution in [0.5, 0.6) is 11.5 Å². The average molecular weight is 715 g/mol. The molecule has 1 heterocycles. The van der Waals surface area contributed by atoms with Gasteiger partial charge >= 0.3 is 19.9 Å². The molecule has 0 saturated heterocycles. The Balaban J connectivity index is 0.000000286. The SMILES string of the molecule is CC(C)OC(=O)[C@](CC(C)(C)C)(NC(=O)OCc1ccccc1)c1ccc2c(ccc[n+]2N)c1.O=P(O)(Oc1ccccc1)Oc1ccccc1. The van der Waals surface area contributed by atoms with Crippen LogP contribution in [0.25, 0.3) is 10.9 Å². The molecule has 4 N–H and O–H groups in total. The number of hydrogen-bond donors (Lipinski definition) is 3. The van der Waals surface area contributed by atoms with Gasteiger partial charge in [-0.15, -0.1) is 0 Å². The van der Waals surface area contributed by atoms with Crippen LogP contribution in [0, 0.1) is 5.41 Å². The average Bonchev–Trinajstić information content (AvgIpc) is 3.07. The Morgan fingerprint density at radius 1 is 0.824 bits per heavy atom. The lowest BCUT2D eigenvalue weighted by atomic mass is 9.75. The molecule has 5 rings (SSSR count). The zero-order chi connectivity index (χ0) is 37.1. The zero-order valence-electron chi connectivity index (χ0n) is 29.4. The fourth-order valence-corrected chi connectivity index (χ4v) is 6.07. The van der Waals surface area contributed by atoms with E-state index in [0.29, 0.717) is 12.0 Å². The van der Waals surface area contributed by atoms with Crippen molar-refractivity contribution in [2.24, 2.45) is 5.41 Å². The van der Waals surface area contributed by atoms with Gasteiger partial charge in [-0.05, 0) is 79.3 Å². The second-order valence-electron chi connectivity index (χ2n) is 13.2. The largest absolute Gasteiger partial charge is 0.584 e. The van der Waals surface area contributed by atoms with Crippen molar-refractivity contribution in [3.8, 4) is 11.5 Å². The number of nitrogens with one attached hydrogen (secondary N) is 1. The van der Waals surface area contributed by atoms with Gasteiger partial charge in [-0.25, -0.2) is 20.0 Å². The fraction of sp³-hybridized carbons (Fsp3) is 0.256. The summed E-state index contributed by atoms with van der Waals surface area (Å²) < 4.78 is 34.1. The number of pyridine rings is 1. The first-order chi connectivity index (χ1) is 24.2. The molecule has 1 atom stereocenters. The van der Waals surface area contributed by atoms with E-state index in [2.05, 4.69) is 5.32 Å². The molecule has 0 spiro atoms. The number of amides is 1. The molecule has 51 heavy (non-hydrogen) atoms. The predicted octanol–water partition coefficient (Wildman–Crippen LogP) is 7.60. The molecule has 0 aliphatic carbocycles. The van der Waals surface area contributed by atoms with E-state index in [-0.39, 0.29) is 29.6 Å². The highest BCUT2D eigenvalue weighted by Gasteiger charge is 2.47. The van der Waals surface area contributed by atoms with Crippen molar-refractivity contribution in [2.45, 2.75) is 59.3 Å². The van der Waals surface area contributed by atoms with Crippen LogP contribution in [0.4, 0.5) is 4.79 Å². The molecule has 0 unspecified atom stereocenters. The summed E-state index contributed by atoms with van der Waals surface area (Å²) >= 11 is 0. The molecule has 0 aliphatic heterocycles. The smallest absolute Gasteiger partial charge is 0.461 e. The number of rotatable bonds is 11. The topological polar surface area (TPSA) is 150 Å². The molecule has 0 fully saturated rings. The molecule has 11 nitrogen and oxygen atoms in total. The number of nitrogens with zero attached hydrogens (tertiary/aromatic N) is 1. The minimum atomic E-state index is -4.14. The van der Waals surface area contributed by atoms with Gasteiger partial charge in [0.15, 0.2) is 11.7 Å². The first-order valence-corrected chi connectivity index (χ1v) is 17.9. The Bertz CT molecular complexity index is 1890. The summed E-state index contributed by atoms with van der Waals surface area (Å²) in [5.74, 6) is 6.09. The maximum absolute atomic E-state index is 13.6. The lowest BCUT2D eigenvalue weighted by Gasteiger charge is -2.38. The molecule has 268 valence electrons. The predicted molar refractivity (Wildman–Crippen MR) is 195 cm³/mol. The maximum Gasteiger partial charge on any atom is 0.584 e. The molecule has 5 aromatic rings. The van der Waals surface area contributed by atoms with Crippen LogP contribution < -0.4 is 24.9 Å². The molecule has 12 heteroatoms. The molecule has 1 aromatic heterocycles. The van der Waals surface area contributed by atoms with Crippen molar-refractivity contribution in [1.82, 2.24) is 5.32 Å². The number of aromatic nitrogens is 1. The number of alkyl carbamates (subject to hydrolysis) is 1. The number of hydrogen-bond acceptors (Lipinski definition) is 8. The van der Waals surface area contributed by atoms with Gasteiger partial charge in [-0.3, -0.25) is 4.89 Å². The second kappa shape index (κ2) is 17.0. The molecular weight excluding hydrogens is 669 g/mol. The van der Waals surface area contributed by atoms with E-state index in [4.69, 9.17) is 24.4 Å². The van der Waals surface area contributed by atoms with Gasteiger partial charge in [-0.1, -0.05) is 92.2 Å². The number of nitrogens with two attached hydrogens (primary N) is 1. The highest BCUT2D eigenvalue weighted by Crippen LogP contribution is 2.44. The van der Waals surface area contributed by atoms with Gasteiger partial charge in [0.25, 0.3) is 0 Å². The van der Waals surface area contributed by atoms with E-state index in [0.717, 1.165) is 16.5 Å². The van der Waals surface area contributed by atoms with Crippen molar-refractivity contribution in [3.63, 3.8) is 0 Å². The van der Waals surface area contributed by atoms with Crippen LogP contribution in [0.15, 0.2) is 128 Å². The van der Waals surface area contributed by atoms with Crippen LogP contribution in [-0.2, 0) is 31.0 Å². The van der Waals surface area contributed by atoms with E-state index in [9.17, 15) is 19.0 Å². The quantitative estimate of drug-likeness (QED) is 0.0544. The Morgan fingerprint density at radius 2 is 1.37 bits per heavy atom. The fourth-order valence-electron chi connectivity index (χ4n) is 5.26. The summed E-state index contributed by atoms with van der Waals surface area (Å²) in [6, 6.07) is 35.3. The number of phosphoric acid groups is 1. The third-order valence-electron chi connectivity index (χ3n) is 7.26. The monoisotopic (exact) mass is 714 g/mol. The van der Waals surface area contributed by atoms with Gasteiger partial charge < -0.3 is 23.8 Å². The minimum absolute atomic E-state index is 0.0857. The van der Waals surface area contributed by atoms with Crippen LogP contribution in [0.2, 0.25) is 0 Å². The Labute approximate surface area is 298 Å². The standard InChI is InChI=1S/C27H33N3O4.C12H11O4P/c1-19(2)34-24(31)27(18-26(3,4)5,29-25(32)33-17-20-10-7-6-8-11-20)22-13-14-23-21(16-22)12-9-15-30(23)28;13-17(14,15-11-7-3-1-4-8-11)16-12-9-5-2-6-10-12/h6-16,19H,17-18,28H2,1-5H3;1-10H,(H,13,14)/p+1/t27-;/m1./s1. The number of fused-ring (bicyclic) bond motifs is 1. The lowest BCUT2D eigenvalue weighted by Crippen LogP contribution is -2.55. The van der Waals surface area contributed by atoms with Crippen LogP contribution >= 0.6 is 7.82 Å². The summed E-state index contributed by atoms with van der Waals surface area (Å²) in [6.45, 7) is 9.68. The van der Waals surface area contributed by atoms with Gasteiger partial charge in [0.1, 0.15) is 18.1 Å². The first-order valence-electron chi connectivity index (χ1n) is 16.4. The maximum atomic E-state index is 13.6. The summed E-state index contributed by atoms with van der Waals surface area (Å²) in [5.41, 5.74) is 0.451. The number of carbonyl (C=O) groups excluding carboxylic acids is 2. The molecular formula is C39H45N3O8P+. The number of benzene rings is 4. The first kappa shape index (κ1) is 38.4. The van der Waals surface area contributed by atoms with E-state index >= 15 is 0 Å². The van der Waals surface area contributed by atoms with Crippen molar-refractivity contribution in [2.75, 3.05) is 5.84 Å². The highest BCUT2D eigenvalue weighted by molar-refractivity contribution is 7.48. The number of esters is 1. The Kier molecular flexibility index (Phi) is 12.8. The summed E-state index contributed by atoms with van der Waals surface area (Å²) in [5, 5.41) is 3.72. The summed E-state index contributed by atoms with van der Waals surface area (Å²) in [6.07, 6.45) is 0.986. The zero-order valence-corrected chi connectivity index (χ0v) is 30.3. The lowest BCUT2D eigenvalue weighted by molar-refractivity contribution is -0.611. The number of para-hydroxylation sites is 2. The van der Waals surface area contributed by atoms with E-state index < -0.39 is 25.4 Å². The van der Waals surface area contributed by atoms with Gasteiger partial charge in [0, 0.05) is 17.5 Å². The van der Waals surface area contributed by atoms with Crippen molar-refractivity contribution in [3.05, 3.63) is 139 Å². The van der Waals surface area contributed by atoms with E-state index in [1.54, 1.807) is 86.8 Å². The Hall–Kier alpha value is -5.38. The van der Waals surface area contributed by atoms with Crippen molar-refractivity contribution in [1.29, 1.82) is 0 Å². The second-order valence-corrected chi connectivity index (χ2v) is 14.6. The van der Waals surface area contributed by atoms with Gasteiger partial charge in [-0.2, -0.15) is 0 Å². The molecule has 0 radical (unpaired) electrons. The number of nitrogen functional groups attached to an aromatic ring is 1. The van der Waals surface area contributed by atoms with Crippen LogP contribution in [-0.4, -0.2) is 23.1 Å². The molecule has 0 aliphatic rings. The molecule has 0 bridgehead atoms. The number of phosphoric ester groups is 1. The summed E-state index contributed by atoms with van der Waals surface area (Å²) in [7, 11) is -4.14. The van der Waals surface area contributed by atoms with Gasteiger partial charge in [0.05, 0.1) is 6.10 Å². The van der Waals surface area contributed by atoms with Crippen molar-refractivity contribution < 1.29 is 42.2 Å². The third kappa shape index (κ3) is 11.6. The van der Waals surface area contributed by atoms with Crippen molar-refractivity contribution >= 4 is 30.8 Å². The molecule has 1 amide bonds. The highest BCUT2D eigenvalue weighted by atomic mass is 31.2. The van der Waals surface area contributed by atoms with E-state index in [1.807, 2.05) is 75.4 Å². The van der Waals surface area contributed by atoms with Gasteiger partial charge in [0.2, 0.25) is 5.52 Å². The van der Waals surface area contributed by atoms with Crippen LogP contribution in [0.1, 0.15) is 52.2 Å². The minimum Gasteiger partial charge on any atom is -0.461 e. The molecule has 4 aromatic carbocycles. The van der Waals surface area contributed by atoms with E-state index in [1.165, 1.54) is 4.68 Å². The number of carbonyl (C=O) groups is 2. The normalized spacial score (nSPS) is 12.5. The third-order valence-corrected chi connectivity index (χ3v) is 8.15. The van der Waals surface area contributed by atoms with Crippen LogP contribution in [0.3, 0.4) is 0 Å². The number of ether oxygens (including phenoxy) is 2. The summed E-state index contributed by atoms with van der Waals surface area (Å²) in [4.78, 5) is 36.2. The molecule has 0 saturated carbocycles.